The summed E-state index contributed by atoms with van der Waals surface area (Å²) in [5.74, 6) is 0.791. The highest BCUT2D eigenvalue weighted by molar-refractivity contribution is 5.69. The lowest BCUT2D eigenvalue weighted by Crippen LogP contribution is -2.35. The van der Waals surface area contributed by atoms with Crippen LogP contribution in [-0.4, -0.2) is 37.1 Å². The molecular weight excluding hydrogens is 202 g/mol. The summed E-state index contributed by atoms with van der Waals surface area (Å²) in [5, 5.41) is 0. The average molecular weight is 227 g/mol. The van der Waals surface area contributed by atoms with Crippen LogP contribution < -0.4 is 0 Å². The number of nitrogens with zero attached hydrogens (tertiary/aromatic N) is 1. The highest BCUT2D eigenvalue weighted by atomic mass is 16.5. The first-order chi connectivity index (χ1) is 7.67. The van der Waals surface area contributed by atoms with Crippen molar-refractivity contribution in [1.29, 1.82) is 0 Å². The summed E-state index contributed by atoms with van der Waals surface area (Å²) in [5.41, 5.74) is 0. The maximum Gasteiger partial charge on any atom is 0.307 e. The summed E-state index contributed by atoms with van der Waals surface area (Å²) in [7, 11) is 1.46. The molecule has 0 saturated carbocycles. The van der Waals surface area contributed by atoms with E-state index in [9.17, 15) is 4.79 Å². The van der Waals surface area contributed by atoms with Gasteiger partial charge in [0.2, 0.25) is 0 Å². The van der Waals surface area contributed by atoms with E-state index >= 15 is 0 Å². The van der Waals surface area contributed by atoms with E-state index in [1.54, 1.807) is 0 Å². The van der Waals surface area contributed by atoms with E-state index in [4.69, 9.17) is 4.74 Å². The second-order valence-electron chi connectivity index (χ2n) is 4.87. The zero-order valence-corrected chi connectivity index (χ0v) is 10.9. The molecule has 1 aliphatic rings. The first-order valence-electron chi connectivity index (χ1n) is 6.48. The van der Waals surface area contributed by atoms with Gasteiger partial charge in [0, 0.05) is 6.04 Å². The summed E-state index contributed by atoms with van der Waals surface area (Å²) in [6.07, 6.45) is 5.70. The lowest BCUT2D eigenvalue weighted by Gasteiger charge is -2.26. The Morgan fingerprint density at radius 1 is 1.44 bits per heavy atom. The predicted molar refractivity (Wildman–Crippen MR) is 65.3 cm³/mol. The van der Waals surface area contributed by atoms with Crippen molar-refractivity contribution in [3.8, 4) is 0 Å². The molecule has 0 bridgehead atoms. The Hall–Kier alpha value is -0.570. The van der Waals surface area contributed by atoms with Gasteiger partial charge in [-0.25, -0.2) is 0 Å². The fourth-order valence-electron chi connectivity index (χ4n) is 2.49. The van der Waals surface area contributed by atoms with E-state index < -0.39 is 0 Å². The van der Waals surface area contributed by atoms with Crippen molar-refractivity contribution in [2.75, 3.05) is 20.2 Å². The van der Waals surface area contributed by atoms with Gasteiger partial charge >= 0.3 is 5.97 Å². The summed E-state index contributed by atoms with van der Waals surface area (Å²) >= 11 is 0. The second-order valence-corrected chi connectivity index (χ2v) is 4.87. The number of hydrogen-bond acceptors (Lipinski definition) is 3. The Kier molecular flexibility index (Phi) is 5.81. The van der Waals surface area contributed by atoms with Crippen molar-refractivity contribution in [2.45, 2.75) is 52.0 Å². The minimum atomic E-state index is -0.0937. The highest BCUT2D eigenvalue weighted by Gasteiger charge is 2.21. The minimum absolute atomic E-state index is 0.0937. The van der Waals surface area contributed by atoms with Crippen molar-refractivity contribution >= 4 is 5.97 Å². The van der Waals surface area contributed by atoms with Crippen molar-refractivity contribution < 1.29 is 9.53 Å². The van der Waals surface area contributed by atoms with Crippen molar-refractivity contribution in [1.82, 2.24) is 4.90 Å². The van der Waals surface area contributed by atoms with Crippen LogP contribution in [0.15, 0.2) is 0 Å². The number of likely N-dealkylation sites (tertiary alicyclic amines) is 1. The summed E-state index contributed by atoms with van der Waals surface area (Å²) in [6, 6.07) is 0.322. The van der Waals surface area contributed by atoms with Crippen LogP contribution in [0, 0.1) is 5.92 Å². The van der Waals surface area contributed by atoms with Gasteiger partial charge in [-0.15, -0.1) is 0 Å². The van der Waals surface area contributed by atoms with Crippen LogP contribution in [0.4, 0.5) is 0 Å². The van der Waals surface area contributed by atoms with E-state index in [1.165, 1.54) is 32.8 Å². The molecule has 1 heterocycles. The van der Waals surface area contributed by atoms with Crippen LogP contribution in [0.25, 0.3) is 0 Å². The molecule has 0 N–H and O–H groups in total. The largest absolute Gasteiger partial charge is 0.469 e. The van der Waals surface area contributed by atoms with Crippen molar-refractivity contribution in [3.63, 3.8) is 0 Å². The summed E-state index contributed by atoms with van der Waals surface area (Å²) in [6.45, 7) is 6.67. The molecule has 1 aliphatic heterocycles. The number of methoxy groups -OCH3 is 1. The molecule has 1 rings (SSSR count). The zero-order valence-electron chi connectivity index (χ0n) is 10.9. The van der Waals surface area contributed by atoms with Gasteiger partial charge in [-0.1, -0.05) is 13.3 Å². The molecule has 0 aliphatic carbocycles. The third-order valence-corrected chi connectivity index (χ3v) is 3.77. The summed E-state index contributed by atoms with van der Waals surface area (Å²) in [4.78, 5) is 13.7. The van der Waals surface area contributed by atoms with Gasteiger partial charge in [-0.05, 0) is 45.2 Å². The molecular formula is C13H25NO2. The van der Waals surface area contributed by atoms with E-state index in [-0.39, 0.29) is 5.97 Å². The minimum Gasteiger partial charge on any atom is -0.469 e. The molecule has 3 heteroatoms. The van der Waals surface area contributed by atoms with Gasteiger partial charge in [0.05, 0.1) is 13.5 Å². The topological polar surface area (TPSA) is 29.5 Å². The van der Waals surface area contributed by atoms with Crippen LogP contribution in [0.1, 0.15) is 46.0 Å². The first kappa shape index (κ1) is 13.5. The van der Waals surface area contributed by atoms with E-state index in [2.05, 4.69) is 18.7 Å². The van der Waals surface area contributed by atoms with Gasteiger partial charge in [0.15, 0.2) is 0 Å². The molecule has 16 heavy (non-hydrogen) atoms. The maximum absolute atomic E-state index is 11.2. The van der Waals surface area contributed by atoms with Crippen LogP contribution in [-0.2, 0) is 9.53 Å². The molecule has 0 radical (unpaired) electrons. The van der Waals surface area contributed by atoms with Gasteiger partial charge in [0.25, 0.3) is 0 Å². The number of carbonyl (C=O) groups excluding carboxylic acids is 1. The normalized spacial score (nSPS) is 24.8. The van der Waals surface area contributed by atoms with Gasteiger partial charge in [-0.2, -0.15) is 0 Å². The highest BCUT2D eigenvalue weighted by Crippen LogP contribution is 2.22. The van der Waals surface area contributed by atoms with E-state index in [0.717, 1.165) is 19.0 Å². The molecule has 0 aromatic carbocycles. The third-order valence-electron chi connectivity index (χ3n) is 3.77. The fourth-order valence-corrected chi connectivity index (χ4v) is 2.49. The average Bonchev–Trinajstić information content (AvgIpc) is 2.53. The maximum atomic E-state index is 11.2. The Morgan fingerprint density at radius 3 is 2.81 bits per heavy atom. The first-order valence-corrected chi connectivity index (χ1v) is 6.48. The summed E-state index contributed by atoms with van der Waals surface area (Å²) < 4.78 is 4.72. The second kappa shape index (κ2) is 6.89. The molecule has 0 spiro atoms. The van der Waals surface area contributed by atoms with Gasteiger partial charge < -0.3 is 9.64 Å². The quantitative estimate of drug-likeness (QED) is 0.691. The Morgan fingerprint density at radius 2 is 2.19 bits per heavy atom. The Labute approximate surface area is 99.1 Å². The molecule has 2 unspecified atom stereocenters. The van der Waals surface area contributed by atoms with Crippen LogP contribution in [0.5, 0.6) is 0 Å². The smallest absolute Gasteiger partial charge is 0.307 e. The third kappa shape index (κ3) is 4.12. The van der Waals surface area contributed by atoms with Crippen molar-refractivity contribution in [2.24, 2.45) is 5.92 Å². The molecule has 0 aromatic heterocycles. The molecule has 2 atom stereocenters. The molecule has 94 valence electrons. The number of esters is 1. The Bertz CT molecular complexity index is 218. The molecule has 3 nitrogen and oxygen atoms in total. The Balaban J connectivity index is 2.38. The number of rotatable bonds is 4. The molecule has 1 saturated heterocycles. The zero-order chi connectivity index (χ0) is 12.0. The standard InChI is InChI=1S/C13H25NO2/c1-4-12-6-5-8-14(9-7-12)11(2)10-13(15)16-3/h11-12H,4-10H2,1-3H3. The molecule has 0 amide bonds. The van der Waals surface area contributed by atoms with Crippen LogP contribution >= 0.6 is 0 Å². The number of carbonyl (C=O) groups is 1. The number of hydrogen-bond donors (Lipinski definition) is 0. The fraction of sp³-hybridized carbons (Fsp3) is 0.923. The lowest BCUT2D eigenvalue weighted by molar-refractivity contribution is -0.141. The SMILES string of the molecule is CCC1CCCN(C(C)CC(=O)OC)CC1. The lowest BCUT2D eigenvalue weighted by atomic mass is 9.98. The van der Waals surface area contributed by atoms with E-state index in [0.29, 0.717) is 12.5 Å². The van der Waals surface area contributed by atoms with Crippen LogP contribution in [0.2, 0.25) is 0 Å². The van der Waals surface area contributed by atoms with Crippen LogP contribution in [0.3, 0.4) is 0 Å². The van der Waals surface area contributed by atoms with Gasteiger partial charge in [0.1, 0.15) is 0 Å². The number of ether oxygens (including phenoxy) is 1. The van der Waals surface area contributed by atoms with E-state index in [1.807, 2.05) is 0 Å². The predicted octanol–water partition coefficient (Wildman–Crippen LogP) is 2.45. The molecule has 1 fully saturated rings. The van der Waals surface area contributed by atoms with Gasteiger partial charge in [-0.3, -0.25) is 4.79 Å². The monoisotopic (exact) mass is 227 g/mol. The molecule has 0 aromatic rings. The van der Waals surface area contributed by atoms with Crippen molar-refractivity contribution in [3.05, 3.63) is 0 Å².